The number of amides is 1. The highest BCUT2D eigenvalue weighted by Crippen LogP contribution is 2.32. The zero-order valence-corrected chi connectivity index (χ0v) is 26.1. The van der Waals surface area contributed by atoms with Crippen molar-refractivity contribution in [2.75, 3.05) is 26.0 Å². The Labute approximate surface area is 268 Å². The van der Waals surface area contributed by atoms with Gasteiger partial charge in [-0.05, 0) is 79.7 Å². The number of halogens is 4. The molecule has 1 aromatic heterocycles. The Morgan fingerprint density at radius 1 is 0.936 bits per heavy atom. The van der Waals surface area contributed by atoms with Gasteiger partial charge in [0.05, 0.1) is 24.3 Å². The number of carbonyl (C=O) groups excluding carboxylic acids is 3. The average Bonchev–Trinajstić information content (AvgIpc) is 3.05. The van der Waals surface area contributed by atoms with Crippen LogP contribution in [0.25, 0.3) is 11.4 Å². The molecule has 1 atom stereocenters. The third kappa shape index (κ3) is 7.98. The van der Waals surface area contributed by atoms with Crippen molar-refractivity contribution in [1.82, 2.24) is 20.2 Å². The zero-order valence-electron chi connectivity index (χ0n) is 26.1. The summed E-state index contributed by atoms with van der Waals surface area (Å²) in [7, 11) is 3.05. The molecular weight excluding hydrogens is 618 g/mol. The molecule has 1 amide bonds. The molecule has 0 aliphatic rings. The van der Waals surface area contributed by atoms with E-state index in [1.807, 2.05) is 0 Å². The summed E-state index contributed by atoms with van der Waals surface area (Å²) in [5.41, 5.74) is -0.923. The first-order valence-electron chi connectivity index (χ1n) is 14.7. The first-order valence-corrected chi connectivity index (χ1v) is 14.7. The van der Waals surface area contributed by atoms with Gasteiger partial charge in [0, 0.05) is 42.3 Å². The molecule has 4 rings (SSSR count). The molecule has 1 heterocycles. The van der Waals surface area contributed by atoms with E-state index in [2.05, 4.69) is 20.9 Å². The van der Waals surface area contributed by atoms with Gasteiger partial charge in [0.15, 0.2) is 11.6 Å². The number of hydrogen-bond donors (Lipinski definition) is 3. The minimum Gasteiger partial charge on any atom is -0.377 e. The monoisotopic (exact) mass is 651 g/mol. The van der Waals surface area contributed by atoms with Crippen LogP contribution in [0.1, 0.15) is 56.3 Å². The molecule has 9 nitrogen and oxygen atoms in total. The van der Waals surface area contributed by atoms with Crippen molar-refractivity contribution < 1.29 is 31.9 Å². The Hall–Kier alpha value is -5.17. The lowest BCUT2D eigenvalue weighted by atomic mass is 9.98. The lowest BCUT2D eigenvalue weighted by molar-refractivity contribution is -0.137. The molecular formula is C34H33F4N5O4. The van der Waals surface area contributed by atoms with E-state index in [0.29, 0.717) is 17.2 Å². The number of aryl methyl sites for hydroxylation is 1. The number of ketones is 2. The summed E-state index contributed by atoms with van der Waals surface area (Å²) in [6.07, 6.45) is -3.32. The van der Waals surface area contributed by atoms with Crippen LogP contribution < -0.4 is 21.5 Å². The number of likely N-dealkylation sites (N-methyl/N-ethyl adjacent to an activating group) is 1. The Morgan fingerprint density at radius 2 is 1.62 bits per heavy atom. The molecule has 0 aliphatic heterocycles. The molecule has 246 valence electrons. The molecule has 0 bridgehead atoms. The molecule has 47 heavy (non-hydrogen) atoms. The maximum Gasteiger partial charge on any atom is 0.416 e. The third-order valence-corrected chi connectivity index (χ3v) is 7.63. The number of rotatable bonds is 12. The van der Waals surface area contributed by atoms with Crippen molar-refractivity contribution in [3.63, 3.8) is 0 Å². The predicted molar refractivity (Wildman–Crippen MR) is 169 cm³/mol. The molecule has 3 N–H and O–H groups in total. The van der Waals surface area contributed by atoms with Crippen LogP contribution >= 0.6 is 0 Å². The maximum absolute atomic E-state index is 14.1. The van der Waals surface area contributed by atoms with Crippen LogP contribution in [-0.4, -0.2) is 53.7 Å². The number of aromatic nitrogens is 2. The maximum atomic E-state index is 14.1. The fourth-order valence-electron chi connectivity index (χ4n) is 4.99. The molecule has 0 unspecified atom stereocenters. The van der Waals surface area contributed by atoms with Gasteiger partial charge >= 0.3 is 6.18 Å². The molecule has 0 radical (unpaired) electrons. The van der Waals surface area contributed by atoms with Gasteiger partial charge in [-0.25, -0.2) is 9.37 Å². The van der Waals surface area contributed by atoms with Crippen molar-refractivity contribution in [1.29, 1.82) is 0 Å². The third-order valence-electron chi connectivity index (χ3n) is 7.63. The number of hydrogen-bond acceptors (Lipinski definition) is 7. The fraction of sp³-hybridized carbons (Fsp3) is 0.265. The second-order valence-corrected chi connectivity index (χ2v) is 10.8. The summed E-state index contributed by atoms with van der Waals surface area (Å²) < 4.78 is 56.9. The van der Waals surface area contributed by atoms with Crippen LogP contribution in [0.3, 0.4) is 0 Å². The highest BCUT2D eigenvalue weighted by Gasteiger charge is 2.32. The van der Waals surface area contributed by atoms with Crippen LogP contribution in [0.2, 0.25) is 0 Å². The van der Waals surface area contributed by atoms with Crippen molar-refractivity contribution in [2.45, 2.75) is 39.0 Å². The number of carbonyl (C=O) groups is 3. The van der Waals surface area contributed by atoms with Crippen LogP contribution in [0.5, 0.6) is 0 Å². The Balaban J connectivity index is 1.89. The summed E-state index contributed by atoms with van der Waals surface area (Å²) in [6, 6.07) is 11.3. The van der Waals surface area contributed by atoms with Gasteiger partial charge in [0.1, 0.15) is 17.3 Å². The average molecular weight is 652 g/mol. The summed E-state index contributed by atoms with van der Waals surface area (Å²) in [6.45, 7) is 3.01. The summed E-state index contributed by atoms with van der Waals surface area (Å²) in [5, 5.41) is 8.32. The molecule has 13 heteroatoms. The number of alkyl halides is 3. The first kappa shape index (κ1) is 34.7. The number of Topliss-reactive ketones (excluding diaryl/α,β-unsaturated/α-hetero) is 1. The van der Waals surface area contributed by atoms with Crippen LogP contribution in [-0.2, 0) is 17.5 Å². The summed E-state index contributed by atoms with van der Waals surface area (Å²) in [4.78, 5) is 56.4. The highest BCUT2D eigenvalue weighted by molar-refractivity contribution is 6.09. The van der Waals surface area contributed by atoms with Gasteiger partial charge in [0.25, 0.3) is 11.5 Å². The van der Waals surface area contributed by atoms with E-state index < -0.39 is 47.4 Å². The Bertz CT molecular complexity index is 1870. The minimum atomic E-state index is -4.84. The van der Waals surface area contributed by atoms with E-state index >= 15 is 0 Å². The van der Waals surface area contributed by atoms with Gasteiger partial charge in [-0.3, -0.25) is 23.7 Å². The first-order chi connectivity index (χ1) is 22.3. The van der Waals surface area contributed by atoms with E-state index in [0.717, 1.165) is 22.8 Å². The summed E-state index contributed by atoms with van der Waals surface area (Å²) >= 11 is 0. The molecule has 4 aromatic rings. The van der Waals surface area contributed by atoms with Crippen LogP contribution in [0.15, 0.2) is 71.7 Å². The summed E-state index contributed by atoms with van der Waals surface area (Å²) in [5.74, 6) is -1.84. The molecule has 0 aliphatic carbocycles. The topological polar surface area (TPSA) is 122 Å². The quantitative estimate of drug-likeness (QED) is 0.146. The van der Waals surface area contributed by atoms with E-state index in [1.54, 1.807) is 33.0 Å². The molecule has 0 saturated heterocycles. The van der Waals surface area contributed by atoms with Gasteiger partial charge in [-0.15, -0.1) is 0 Å². The normalized spacial score (nSPS) is 12.0. The largest absolute Gasteiger partial charge is 0.416 e. The van der Waals surface area contributed by atoms with Gasteiger partial charge < -0.3 is 16.0 Å². The smallest absolute Gasteiger partial charge is 0.377 e. The highest BCUT2D eigenvalue weighted by atomic mass is 19.4. The Kier molecular flexibility index (Phi) is 10.7. The lowest BCUT2D eigenvalue weighted by Gasteiger charge is -2.19. The second kappa shape index (κ2) is 14.5. The van der Waals surface area contributed by atoms with Crippen LogP contribution in [0.4, 0.5) is 23.2 Å². The number of nitrogens with one attached hydrogen (secondary N) is 3. The standard InChI is InChI=1S/C34H33F4N5O4/c1-5-29(44)27(39-3)16-41-28-17-42-31(26-15-22(32(46)40-4)7-6-19(26)2)43(33(28)47)18-20-12-23(14-24(13-20)34(36,37)38)30(45)21-8-10-25(35)11-9-21/h6-15,17,27,39,41H,5,16,18H2,1-4H3,(H,40,46)/t27-/m0/s1. The van der Waals surface area contributed by atoms with Gasteiger partial charge in [-0.1, -0.05) is 13.0 Å². The SMILES string of the molecule is CCC(=O)[C@H](CNc1cnc(-c2cc(C(=O)NC)ccc2C)n(Cc2cc(C(=O)c3ccc(F)cc3)cc(C(F)(F)F)c2)c1=O)NC. The van der Waals surface area contributed by atoms with Crippen molar-refractivity contribution in [2.24, 2.45) is 0 Å². The van der Waals surface area contributed by atoms with Gasteiger partial charge in [-0.2, -0.15) is 13.2 Å². The molecule has 0 fully saturated rings. The minimum absolute atomic E-state index is 0.0207. The van der Waals surface area contributed by atoms with E-state index in [-0.39, 0.29) is 52.5 Å². The Morgan fingerprint density at radius 3 is 2.23 bits per heavy atom. The fourth-order valence-corrected chi connectivity index (χ4v) is 4.99. The van der Waals surface area contributed by atoms with Gasteiger partial charge in [0.2, 0.25) is 0 Å². The molecule has 0 saturated carbocycles. The van der Waals surface area contributed by atoms with E-state index in [1.165, 1.54) is 37.5 Å². The van der Waals surface area contributed by atoms with Crippen molar-refractivity contribution in [3.8, 4) is 11.4 Å². The molecule has 3 aromatic carbocycles. The number of anilines is 1. The van der Waals surface area contributed by atoms with E-state index in [9.17, 15) is 36.7 Å². The van der Waals surface area contributed by atoms with Crippen LogP contribution in [0, 0.1) is 12.7 Å². The predicted octanol–water partition coefficient (Wildman–Crippen LogP) is 4.99. The second-order valence-electron chi connectivity index (χ2n) is 10.8. The van der Waals surface area contributed by atoms with Crippen molar-refractivity contribution >= 4 is 23.2 Å². The lowest BCUT2D eigenvalue weighted by Crippen LogP contribution is -2.40. The number of benzene rings is 3. The molecule has 0 spiro atoms. The van der Waals surface area contributed by atoms with E-state index in [4.69, 9.17) is 0 Å². The number of nitrogens with zero attached hydrogens (tertiary/aromatic N) is 2. The zero-order chi connectivity index (χ0) is 34.5. The van der Waals surface area contributed by atoms with Crippen molar-refractivity contribution in [3.05, 3.63) is 116 Å².